The zero-order valence-electron chi connectivity index (χ0n) is 17.1. The maximum absolute atomic E-state index is 13.0. The predicted molar refractivity (Wildman–Crippen MR) is 122 cm³/mol. The molecule has 0 atom stereocenters. The standard InChI is InChI=1S/C25H18BrNO5/c1-2-15-5-3-4-6-21(15)27-23(29)19-12-9-17(13-20(19)24(27)30)25(31)32-14-22(28)16-7-10-18(26)11-8-16/h3-13H,2,14H2,1H3. The van der Waals surface area contributed by atoms with Crippen molar-refractivity contribution >= 4 is 45.2 Å². The Bertz CT molecular complexity index is 1250. The van der Waals surface area contributed by atoms with E-state index in [1.165, 1.54) is 18.2 Å². The minimum absolute atomic E-state index is 0.0964. The van der Waals surface area contributed by atoms with Crippen molar-refractivity contribution in [2.75, 3.05) is 11.5 Å². The number of hydrogen-bond donors (Lipinski definition) is 0. The molecule has 0 aliphatic carbocycles. The molecule has 1 heterocycles. The lowest BCUT2D eigenvalue weighted by atomic mass is 10.1. The largest absolute Gasteiger partial charge is 0.454 e. The minimum atomic E-state index is -0.745. The Morgan fingerprint density at radius 1 is 0.875 bits per heavy atom. The number of carbonyl (C=O) groups is 4. The summed E-state index contributed by atoms with van der Waals surface area (Å²) in [6, 6.07) is 18.1. The van der Waals surface area contributed by atoms with Gasteiger partial charge in [0.1, 0.15) is 0 Å². The summed E-state index contributed by atoms with van der Waals surface area (Å²) < 4.78 is 5.97. The number of ketones is 1. The number of fused-ring (bicyclic) bond motifs is 1. The first-order valence-electron chi connectivity index (χ1n) is 9.97. The molecule has 1 aliphatic heterocycles. The van der Waals surface area contributed by atoms with E-state index in [-0.39, 0.29) is 22.5 Å². The zero-order valence-corrected chi connectivity index (χ0v) is 18.7. The van der Waals surface area contributed by atoms with Crippen LogP contribution in [0.15, 0.2) is 71.2 Å². The van der Waals surface area contributed by atoms with Gasteiger partial charge in [0.05, 0.1) is 22.4 Å². The Balaban J connectivity index is 1.52. The van der Waals surface area contributed by atoms with Crippen molar-refractivity contribution in [3.8, 4) is 0 Å². The van der Waals surface area contributed by atoms with Crippen molar-refractivity contribution in [2.24, 2.45) is 0 Å². The number of anilines is 1. The maximum atomic E-state index is 13.0. The number of esters is 1. The van der Waals surface area contributed by atoms with Crippen molar-refractivity contribution in [1.29, 1.82) is 0 Å². The lowest BCUT2D eigenvalue weighted by Crippen LogP contribution is -2.30. The van der Waals surface area contributed by atoms with Crippen LogP contribution in [0.2, 0.25) is 0 Å². The number of para-hydroxylation sites is 1. The topological polar surface area (TPSA) is 80.8 Å². The predicted octanol–water partition coefficient (Wildman–Crippen LogP) is 4.85. The SMILES string of the molecule is CCc1ccccc1N1C(=O)c2ccc(C(=O)OCC(=O)c3ccc(Br)cc3)cc2C1=O. The Morgan fingerprint density at radius 3 is 2.25 bits per heavy atom. The van der Waals surface area contributed by atoms with Crippen LogP contribution in [-0.2, 0) is 11.2 Å². The summed E-state index contributed by atoms with van der Waals surface area (Å²) in [5.74, 6) is -2.02. The van der Waals surface area contributed by atoms with Gasteiger partial charge in [0.2, 0.25) is 0 Å². The van der Waals surface area contributed by atoms with Crippen molar-refractivity contribution in [2.45, 2.75) is 13.3 Å². The Kier molecular flexibility index (Phi) is 6.01. The number of nitrogens with zero attached hydrogens (tertiary/aromatic N) is 1. The number of aryl methyl sites for hydroxylation is 1. The van der Waals surface area contributed by atoms with Gasteiger partial charge in [-0.05, 0) is 48.4 Å². The van der Waals surface area contributed by atoms with E-state index in [1.807, 2.05) is 19.1 Å². The second kappa shape index (κ2) is 8.88. The molecule has 0 fully saturated rings. The number of amides is 2. The third-order valence-electron chi connectivity index (χ3n) is 5.24. The number of ether oxygens (including phenoxy) is 1. The van der Waals surface area contributed by atoms with E-state index in [0.717, 1.165) is 14.9 Å². The highest BCUT2D eigenvalue weighted by Gasteiger charge is 2.38. The molecule has 3 aromatic carbocycles. The number of halogens is 1. The van der Waals surface area contributed by atoms with Gasteiger partial charge in [-0.1, -0.05) is 53.2 Å². The van der Waals surface area contributed by atoms with Gasteiger partial charge in [0, 0.05) is 10.0 Å². The van der Waals surface area contributed by atoms with E-state index in [9.17, 15) is 19.2 Å². The van der Waals surface area contributed by atoms with E-state index in [2.05, 4.69) is 15.9 Å². The van der Waals surface area contributed by atoms with E-state index in [1.54, 1.807) is 36.4 Å². The lowest BCUT2D eigenvalue weighted by molar-refractivity contribution is 0.0474. The van der Waals surface area contributed by atoms with Crippen LogP contribution in [0.5, 0.6) is 0 Å². The quantitative estimate of drug-likeness (QED) is 0.279. The number of carbonyl (C=O) groups excluding carboxylic acids is 4. The second-order valence-corrected chi connectivity index (χ2v) is 8.11. The molecule has 160 valence electrons. The molecule has 0 spiro atoms. The Hall–Kier alpha value is -3.58. The van der Waals surface area contributed by atoms with Crippen LogP contribution >= 0.6 is 15.9 Å². The van der Waals surface area contributed by atoms with E-state index in [0.29, 0.717) is 17.7 Å². The van der Waals surface area contributed by atoms with E-state index in [4.69, 9.17) is 4.74 Å². The van der Waals surface area contributed by atoms with Crippen LogP contribution in [0.1, 0.15) is 53.9 Å². The third-order valence-corrected chi connectivity index (χ3v) is 5.76. The molecule has 32 heavy (non-hydrogen) atoms. The molecule has 6 nitrogen and oxygen atoms in total. The smallest absolute Gasteiger partial charge is 0.338 e. The molecule has 0 N–H and O–H groups in total. The summed E-state index contributed by atoms with van der Waals surface area (Å²) in [4.78, 5) is 51.8. The number of hydrogen-bond acceptors (Lipinski definition) is 5. The van der Waals surface area contributed by atoms with Gasteiger partial charge in [-0.3, -0.25) is 14.4 Å². The number of Topliss-reactive ketones (excluding diaryl/α,β-unsaturated/α-hetero) is 1. The molecule has 3 aromatic rings. The summed E-state index contributed by atoms with van der Waals surface area (Å²) in [7, 11) is 0. The highest BCUT2D eigenvalue weighted by molar-refractivity contribution is 9.10. The van der Waals surface area contributed by atoms with Crippen LogP contribution in [-0.4, -0.2) is 30.2 Å². The summed E-state index contributed by atoms with van der Waals surface area (Å²) in [6.07, 6.45) is 0.660. The van der Waals surface area contributed by atoms with Gasteiger partial charge in [-0.2, -0.15) is 0 Å². The van der Waals surface area contributed by atoms with Crippen LogP contribution in [0.3, 0.4) is 0 Å². The fraction of sp³-hybridized carbons (Fsp3) is 0.120. The second-order valence-electron chi connectivity index (χ2n) is 7.19. The van der Waals surface area contributed by atoms with Crippen molar-refractivity contribution in [3.05, 3.63) is 99.0 Å². The fourth-order valence-corrected chi connectivity index (χ4v) is 3.81. The summed E-state index contributed by atoms with van der Waals surface area (Å²) >= 11 is 3.30. The highest BCUT2D eigenvalue weighted by Crippen LogP contribution is 2.31. The van der Waals surface area contributed by atoms with Crippen LogP contribution < -0.4 is 4.90 Å². The maximum Gasteiger partial charge on any atom is 0.338 e. The average Bonchev–Trinajstić information content (AvgIpc) is 3.06. The summed E-state index contributed by atoms with van der Waals surface area (Å²) in [6.45, 7) is 1.51. The molecular formula is C25H18BrNO5. The normalized spacial score (nSPS) is 12.6. The number of imide groups is 1. The first-order chi connectivity index (χ1) is 15.4. The van der Waals surface area contributed by atoms with E-state index >= 15 is 0 Å². The van der Waals surface area contributed by atoms with Crippen molar-refractivity contribution in [1.82, 2.24) is 0 Å². The zero-order chi connectivity index (χ0) is 22.8. The average molecular weight is 492 g/mol. The molecule has 0 radical (unpaired) electrons. The molecule has 0 saturated heterocycles. The van der Waals surface area contributed by atoms with Gasteiger partial charge < -0.3 is 4.74 Å². The van der Waals surface area contributed by atoms with Gasteiger partial charge in [0.15, 0.2) is 12.4 Å². The van der Waals surface area contributed by atoms with Gasteiger partial charge in [-0.25, -0.2) is 9.69 Å². The molecule has 0 aromatic heterocycles. The molecule has 1 aliphatic rings. The summed E-state index contributed by atoms with van der Waals surface area (Å²) in [5, 5.41) is 0. The van der Waals surface area contributed by atoms with Gasteiger partial charge in [0.25, 0.3) is 11.8 Å². The number of rotatable bonds is 6. The molecule has 2 amide bonds. The minimum Gasteiger partial charge on any atom is -0.454 e. The van der Waals surface area contributed by atoms with E-state index < -0.39 is 24.4 Å². The van der Waals surface area contributed by atoms with Crippen molar-refractivity contribution in [3.63, 3.8) is 0 Å². The fourth-order valence-electron chi connectivity index (χ4n) is 3.55. The molecule has 0 unspecified atom stereocenters. The van der Waals surface area contributed by atoms with Crippen molar-refractivity contribution < 1.29 is 23.9 Å². The molecule has 0 bridgehead atoms. The molecular weight excluding hydrogens is 474 g/mol. The van der Waals surface area contributed by atoms with Crippen LogP contribution in [0.4, 0.5) is 5.69 Å². The third kappa shape index (κ3) is 3.99. The van der Waals surface area contributed by atoms with Crippen LogP contribution in [0, 0.1) is 0 Å². The summed E-state index contributed by atoms with van der Waals surface area (Å²) in [5.41, 5.74) is 2.27. The monoisotopic (exact) mass is 491 g/mol. The Morgan fingerprint density at radius 2 is 1.53 bits per heavy atom. The number of benzene rings is 3. The van der Waals surface area contributed by atoms with Gasteiger partial charge in [-0.15, -0.1) is 0 Å². The Labute approximate surface area is 192 Å². The lowest BCUT2D eigenvalue weighted by Gasteiger charge is -2.17. The highest BCUT2D eigenvalue weighted by atomic mass is 79.9. The molecule has 0 saturated carbocycles. The first kappa shape index (κ1) is 21.6. The van der Waals surface area contributed by atoms with Crippen LogP contribution in [0.25, 0.3) is 0 Å². The van der Waals surface area contributed by atoms with Gasteiger partial charge >= 0.3 is 5.97 Å². The molecule has 4 rings (SSSR count). The first-order valence-corrected chi connectivity index (χ1v) is 10.8. The molecule has 7 heteroatoms.